The van der Waals surface area contributed by atoms with E-state index in [-0.39, 0.29) is 0 Å². The van der Waals surface area contributed by atoms with Gasteiger partial charge in [0.25, 0.3) is 0 Å². The molecule has 0 atom stereocenters. The lowest BCUT2D eigenvalue weighted by molar-refractivity contribution is 0.416. The molecular weight excluding hydrogens is 212 g/mol. The van der Waals surface area contributed by atoms with E-state index in [1.165, 1.54) is 5.56 Å². The summed E-state index contributed by atoms with van der Waals surface area (Å²) in [5.41, 5.74) is 2.30. The van der Waals surface area contributed by atoms with Crippen LogP contribution < -0.4 is 10.1 Å². The molecule has 0 aliphatic rings. The minimum atomic E-state index is 0.501. The molecule has 1 N–H and O–H groups in total. The predicted molar refractivity (Wildman–Crippen MR) is 70.4 cm³/mol. The van der Waals surface area contributed by atoms with E-state index in [1.54, 1.807) is 7.11 Å². The molecule has 0 fully saturated rings. The number of nitrogens with zero attached hydrogens (tertiary/aromatic N) is 1. The molecule has 0 unspecified atom stereocenters. The number of unbranched alkanes of at least 4 members (excludes halogenated alkanes) is 1. The van der Waals surface area contributed by atoms with E-state index >= 15 is 0 Å². The molecule has 3 heteroatoms. The quantitative estimate of drug-likeness (QED) is 0.763. The van der Waals surface area contributed by atoms with Crippen LogP contribution in [0, 0.1) is 11.3 Å². The largest absolute Gasteiger partial charge is 0.495 e. The van der Waals surface area contributed by atoms with Gasteiger partial charge in [-0.05, 0) is 30.0 Å². The Morgan fingerprint density at radius 2 is 2.18 bits per heavy atom. The minimum absolute atomic E-state index is 0.501. The molecule has 17 heavy (non-hydrogen) atoms. The van der Waals surface area contributed by atoms with Crippen LogP contribution >= 0.6 is 0 Å². The maximum Gasteiger partial charge on any atom is 0.141 e. The molecule has 0 aliphatic heterocycles. The van der Waals surface area contributed by atoms with E-state index in [0.29, 0.717) is 12.3 Å². The highest BCUT2D eigenvalue weighted by Crippen LogP contribution is 2.28. The number of anilines is 1. The Hall–Kier alpha value is -1.69. The first-order valence-electron chi connectivity index (χ1n) is 5.97. The number of rotatable bonds is 6. The van der Waals surface area contributed by atoms with Crippen molar-refractivity contribution in [1.82, 2.24) is 0 Å². The Morgan fingerprint density at radius 1 is 1.41 bits per heavy atom. The normalized spacial score (nSPS) is 10.1. The number of benzene rings is 1. The lowest BCUT2D eigenvalue weighted by Crippen LogP contribution is -2.04. The van der Waals surface area contributed by atoms with Crippen molar-refractivity contribution < 1.29 is 4.74 Å². The molecule has 1 aromatic carbocycles. The molecule has 1 aromatic rings. The summed E-state index contributed by atoms with van der Waals surface area (Å²) in [5.74, 6) is 1.35. The summed E-state index contributed by atoms with van der Waals surface area (Å²) in [6, 6.07) is 8.34. The number of nitrogens with one attached hydrogen (secondary N) is 1. The van der Waals surface area contributed by atoms with Gasteiger partial charge in [0.2, 0.25) is 0 Å². The fourth-order valence-electron chi connectivity index (χ4n) is 1.61. The van der Waals surface area contributed by atoms with Gasteiger partial charge in [0, 0.05) is 13.0 Å². The number of hydrogen-bond donors (Lipinski definition) is 1. The van der Waals surface area contributed by atoms with E-state index in [0.717, 1.165) is 24.4 Å². The SMILES string of the molecule is COc1ccc(C(C)C)cc1NCCCC#N. The Balaban J connectivity index is 2.73. The Labute approximate surface area is 103 Å². The zero-order valence-electron chi connectivity index (χ0n) is 10.8. The molecule has 1 rings (SSSR count). The van der Waals surface area contributed by atoms with E-state index in [2.05, 4.69) is 37.4 Å². The fraction of sp³-hybridized carbons (Fsp3) is 0.500. The summed E-state index contributed by atoms with van der Waals surface area (Å²) < 4.78 is 5.31. The second-order valence-corrected chi connectivity index (χ2v) is 4.30. The van der Waals surface area contributed by atoms with Crippen LogP contribution in [0.5, 0.6) is 5.75 Å². The molecule has 0 bridgehead atoms. The molecule has 0 saturated carbocycles. The smallest absolute Gasteiger partial charge is 0.141 e. The van der Waals surface area contributed by atoms with Crippen molar-refractivity contribution in [3.05, 3.63) is 23.8 Å². The Bertz CT molecular complexity index is 394. The minimum Gasteiger partial charge on any atom is -0.495 e. The van der Waals surface area contributed by atoms with Crippen LogP contribution in [0.3, 0.4) is 0 Å². The second-order valence-electron chi connectivity index (χ2n) is 4.30. The third-order valence-corrected chi connectivity index (χ3v) is 2.67. The molecular formula is C14H20N2O. The van der Waals surface area contributed by atoms with E-state index in [4.69, 9.17) is 10.00 Å². The highest BCUT2D eigenvalue weighted by molar-refractivity contribution is 5.58. The summed E-state index contributed by atoms with van der Waals surface area (Å²) in [5, 5.41) is 11.8. The van der Waals surface area contributed by atoms with Crippen LogP contribution in [-0.4, -0.2) is 13.7 Å². The average Bonchev–Trinajstić information content (AvgIpc) is 2.34. The van der Waals surface area contributed by atoms with Gasteiger partial charge in [-0.1, -0.05) is 19.9 Å². The van der Waals surface area contributed by atoms with Crippen LogP contribution in [0.4, 0.5) is 5.69 Å². The molecule has 0 amide bonds. The van der Waals surface area contributed by atoms with E-state index in [9.17, 15) is 0 Å². The molecule has 0 aromatic heterocycles. The first-order chi connectivity index (χ1) is 8.19. The van der Waals surface area contributed by atoms with Crippen molar-refractivity contribution >= 4 is 5.69 Å². The first-order valence-corrected chi connectivity index (χ1v) is 5.97. The maximum absolute atomic E-state index is 8.48. The van der Waals surface area contributed by atoms with Crippen molar-refractivity contribution in [1.29, 1.82) is 5.26 Å². The van der Waals surface area contributed by atoms with Crippen LogP contribution in [-0.2, 0) is 0 Å². The van der Waals surface area contributed by atoms with Crippen molar-refractivity contribution in [3.63, 3.8) is 0 Å². The topological polar surface area (TPSA) is 45.0 Å². The summed E-state index contributed by atoms with van der Waals surface area (Å²) in [6.45, 7) is 5.13. The molecule has 0 radical (unpaired) electrons. The molecule has 3 nitrogen and oxygen atoms in total. The first kappa shape index (κ1) is 13.4. The van der Waals surface area contributed by atoms with Gasteiger partial charge in [-0.2, -0.15) is 5.26 Å². The zero-order chi connectivity index (χ0) is 12.7. The van der Waals surface area contributed by atoms with Gasteiger partial charge in [0.05, 0.1) is 18.9 Å². The third-order valence-electron chi connectivity index (χ3n) is 2.67. The summed E-state index contributed by atoms with van der Waals surface area (Å²) in [6.07, 6.45) is 1.44. The molecule has 0 aliphatic carbocycles. The van der Waals surface area contributed by atoms with Gasteiger partial charge < -0.3 is 10.1 Å². The lowest BCUT2D eigenvalue weighted by atomic mass is 10.0. The zero-order valence-corrected chi connectivity index (χ0v) is 10.8. The summed E-state index contributed by atoms with van der Waals surface area (Å²) in [4.78, 5) is 0. The van der Waals surface area contributed by atoms with Crippen molar-refractivity contribution in [2.24, 2.45) is 0 Å². The highest BCUT2D eigenvalue weighted by Gasteiger charge is 2.06. The Kier molecular flexibility index (Phi) is 5.35. The van der Waals surface area contributed by atoms with E-state index < -0.39 is 0 Å². The molecule has 0 saturated heterocycles. The van der Waals surface area contributed by atoms with Gasteiger partial charge in [-0.15, -0.1) is 0 Å². The van der Waals surface area contributed by atoms with Gasteiger partial charge in [-0.3, -0.25) is 0 Å². The summed E-state index contributed by atoms with van der Waals surface area (Å²) in [7, 11) is 1.67. The van der Waals surface area contributed by atoms with Crippen LogP contribution in [0.1, 0.15) is 38.2 Å². The maximum atomic E-state index is 8.48. The standard InChI is InChI=1S/C14H20N2O/c1-11(2)12-6-7-14(17-3)13(10-12)16-9-5-4-8-15/h6-7,10-11,16H,4-5,9H2,1-3H3. The van der Waals surface area contributed by atoms with Crippen molar-refractivity contribution in [3.8, 4) is 11.8 Å². The monoisotopic (exact) mass is 232 g/mol. The van der Waals surface area contributed by atoms with Crippen molar-refractivity contribution in [2.75, 3.05) is 19.0 Å². The van der Waals surface area contributed by atoms with Crippen LogP contribution in [0.2, 0.25) is 0 Å². The van der Waals surface area contributed by atoms with Crippen LogP contribution in [0.15, 0.2) is 18.2 Å². The third kappa shape index (κ3) is 3.99. The number of methoxy groups -OCH3 is 1. The average molecular weight is 232 g/mol. The Morgan fingerprint density at radius 3 is 2.76 bits per heavy atom. The van der Waals surface area contributed by atoms with Gasteiger partial charge >= 0.3 is 0 Å². The lowest BCUT2D eigenvalue weighted by Gasteiger charge is -2.14. The summed E-state index contributed by atoms with van der Waals surface area (Å²) >= 11 is 0. The van der Waals surface area contributed by atoms with E-state index in [1.807, 2.05) is 6.07 Å². The highest BCUT2D eigenvalue weighted by atomic mass is 16.5. The van der Waals surface area contributed by atoms with Crippen molar-refractivity contribution in [2.45, 2.75) is 32.6 Å². The number of hydrogen-bond acceptors (Lipinski definition) is 3. The predicted octanol–water partition coefficient (Wildman–Crippen LogP) is 3.53. The number of nitriles is 1. The van der Waals surface area contributed by atoms with Gasteiger partial charge in [0.1, 0.15) is 5.75 Å². The molecule has 92 valence electrons. The fourth-order valence-corrected chi connectivity index (χ4v) is 1.61. The van der Waals surface area contributed by atoms with Gasteiger partial charge in [-0.25, -0.2) is 0 Å². The van der Waals surface area contributed by atoms with Gasteiger partial charge in [0.15, 0.2) is 0 Å². The number of ether oxygens (including phenoxy) is 1. The second kappa shape index (κ2) is 6.80. The van der Waals surface area contributed by atoms with Crippen LogP contribution in [0.25, 0.3) is 0 Å². The molecule has 0 heterocycles. The molecule has 0 spiro atoms.